The first kappa shape index (κ1) is 27.2. The number of methoxy groups -OCH3 is 1. The average molecular weight is 567 g/mol. The van der Waals surface area contributed by atoms with Gasteiger partial charge >= 0.3 is 11.7 Å². The third-order valence-electron chi connectivity index (χ3n) is 6.23. The lowest BCUT2D eigenvalue weighted by Gasteiger charge is -2.26. The zero-order valence-electron chi connectivity index (χ0n) is 21.8. The van der Waals surface area contributed by atoms with Crippen LogP contribution in [0.3, 0.4) is 0 Å². The Labute approximate surface area is 230 Å². The van der Waals surface area contributed by atoms with Crippen molar-refractivity contribution < 1.29 is 27.8 Å². The van der Waals surface area contributed by atoms with Crippen LogP contribution >= 0.6 is 0 Å². The fourth-order valence-electron chi connectivity index (χ4n) is 4.44. The van der Waals surface area contributed by atoms with Crippen LogP contribution in [0.25, 0.3) is 5.95 Å². The standard InChI is InChI=1S/C26H24F2N8O5/c1-12(37)41-22-16(7-6-14(19(22)28)23(29)30)33-20(24-34-26(38)36(35-24)25-31-8-4-9-32-25)15-11-17(39-2)21-13(18(15)27)5-3-10-40-21/h4,6-9,11,20,33H,3,5,10H2,1-2H3,(H3,29,30)(H,34,35,38)/t20-/m0/s1. The predicted molar refractivity (Wildman–Crippen MR) is 141 cm³/mol. The van der Waals surface area contributed by atoms with Crippen LogP contribution in [0.4, 0.5) is 14.5 Å². The number of amidine groups is 1. The first-order valence-electron chi connectivity index (χ1n) is 12.3. The van der Waals surface area contributed by atoms with E-state index in [9.17, 15) is 9.59 Å². The van der Waals surface area contributed by atoms with Gasteiger partial charge in [0.2, 0.25) is 0 Å². The Morgan fingerprint density at radius 2 is 2.02 bits per heavy atom. The molecule has 0 bridgehead atoms. The van der Waals surface area contributed by atoms with Crippen LogP contribution in [0, 0.1) is 17.0 Å². The number of carbonyl (C=O) groups is 1. The van der Waals surface area contributed by atoms with Crippen molar-refractivity contribution in [1.29, 1.82) is 5.41 Å². The fraction of sp³-hybridized carbons (Fsp3) is 0.231. The molecule has 41 heavy (non-hydrogen) atoms. The van der Waals surface area contributed by atoms with Gasteiger partial charge in [-0.05, 0) is 37.1 Å². The molecular formula is C26H24F2N8O5. The number of hydrogen-bond acceptors (Lipinski definition) is 10. The number of anilines is 1. The van der Waals surface area contributed by atoms with Crippen LogP contribution in [0.1, 0.15) is 41.9 Å². The van der Waals surface area contributed by atoms with E-state index in [2.05, 4.69) is 25.4 Å². The molecule has 4 aromatic rings. The van der Waals surface area contributed by atoms with Gasteiger partial charge in [-0.25, -0.2) is 23.5 Å². The molecule has 1 aliphatic heterocycles. The monoisotopic (exact) mass is 566 g/mol. The van der Waals surface area contributed by atoms with Crippen molar-refractivity contribution in [2.75, 3.05) is 19.0 Å². The first-order valence-corrected chi connectivity index (χ1v) is 12.3. The van der Waals surface area contributed by atoms with Gasteiger partial charge in [-0.3, -0.25) is 15.2 Å². The maximum atomic E-state index is 16.2. The minimum atomic E-state index is -1.30. The summed E-state index contributed by atoms with van der Waals surface area (Å²) in [5.41, 5.74) is 4.53. The quantitative estimate of drug-likeness (QED) is 0.107. The molecule has 3 heterocycles. The van der Waals surface area contributed by atoms with E-state index < -0.39 is 40.9 Å². The second kappa shape index (κ2) is 11.0. The van der Waals surface area contributed by atoms with Crippen molar-refractivity contribution in [3.8, 4) is 23.2 Å². The Morgan fingerprint density at radius 1 is 1.27 bits per heavy atom. The van der Waals surface area contributed by atoms with E-state index in [1.54, 1.807) is 6.07 Å². The van der Waals surface area contributed by atoms with Crippen LogP contribution < -0.4 is 31.0 Å². The van der Waals surface area contributed by atoms with Gasteiger partial charge < -0.3 is 25.3 Å². The second-order valence-corrected chi connectivity index (χ2v) is 8.91. The van der Waals surface area contributed by atoms with Crippen LogP contribution in [0.5, 0.6) is 17.2 Å². The number of nitrogens with zero attached hydrogens (tertiary/aromatic N) is 4. The molecule has 0 fully saturated rings. The summed E-state index contributed by atoms with van der Waals surface area (Å²) in [4.78, 5) is 35.4. The third kappa shape index (κ3) is 5.16. The summed E-state index contributed by atoms with van der Waals surface area (Å²) >= 11 is 0. The number of halogens is 2. The van der Waals surface area contributed by atoms with Gasteiger partial charge in [0.15, 0.2) is 28.9 Å². The highest BCUT2D eigenvalue weighted by Gasteiger charge is 2.31. The lowest BCUT2D eigenvalue weighted by atomic mass is 9.96. The van der Waals surface area contributed by atoms with E-state index in [0.29, 0.717) is 19.4 Å². The Kier molecular flexibility index (Phi) is 7.33. The minimum absolute atomic E-state index is 0.0363. The van der Waals surface area contributed by atoms with Crippen molar-refractivity contribution in [2.24, 2.45) is 5.73 Å². The number of nitrogens with one attached hydrogen (secondary N) is 3. The highest BCUT2D eigenvalue weighted by molar-refractivity contribution is 5.96. The Balaban J connectivity index is 1.72. The molecule has 2 aromatic heterocycles. The first-order chi connectivity index (χ1) is 19.7. The molecule has 0 spiro atoms. The molecule has 0 amide bonds. The summed E-state index contributed by atoms with van der Waals surface area (Å²) in [6.07, 6.45) is 3.73. The van der Waals surface area contributed by atoms with E-state index in [0.717, 1.165) is 11.6 Å². The molecule has 5 N–H and O–H groups in total. The van der Waals surface area contributed by atoms with Gasteiger partial charge in [0, 0.05) is 30.4 Å². The number of ether oxygens (including phenoxy) is 3. The molecule has 0 radical (unpaired) electrons. The number of fused-ring (bicyclic) bond motifs is 1. The Bertz CT molecular complexity index is 1710. The zero-order valence-corrected chi connectivity index (χ0v) is 21.8. The summed E-state index contributed by atoms with van der Waals surface area (Å²) in [5.74, 6) is -3.47. The SMILES string of the molecule is COc1cc([C@H](Nc2ccc(C(=N)N)c(F)c2OC(C)=O)c2nn(-c3ncccn3)c(=O)[nH]2)c(F)c2c1OCCC2. The summed E-state index contributed by atoms with van der Waals surface area (Å²) in [5, 5.41) is 14.9. The molecule has 212 valence electrons. The number of aromatic nitrogens is 5. The minimum Gasteiger partial charge on any atom is -0.493 e. The molecule has 13 nitrogen and oxygen atoms in total. The topological polar surface area (TPSA) is 183 Å². The van der Waals surface area contributed by atoms with Crippen LogP contribution in [-0.2, 0) is 11.2 Å². The number of H-pyrrole nitrogens is 1. The van der Waals surface area contributed by atoms with Crippen molar-refractivity contribution in [3.63, 3.8) is 0 Å². The van der Waals surface area contributed by atoms with Crippen molar-refractivity contribution in [2.45, 2.75) is 25.8 Å². The van der Waals surface area contributed by atoms with Gasteiger partial charge in [-0.2, -0.15) is 0 Å². The number of aromatic amines is 1. The molecular weight excluding hydrogens is 542 g/mol. The number of rotatable bonds is 8. The van der Waals surface area contributed by atoms with Gasteiger partial charge in [-0.15, -0.1) is 9.78 Å². The van der Waals surface area contributed by atoms with Gasteiger partial charge in [0.05, 0.1) is 25.0 Å². The van der Waals surface area contributed by atoms with E-state index in [-0.39, 0.29) is 45.6 Å². The summed E-state index contributed by atoms with van der Waals surface area (Å²) in [7, 11) is 1.40. The second-order valence-electron chi connectivity index (χ2n) is 8.91. The van der Waals surface area contributed by atoms with E-state index in [1.807, 2.05) is 0 Å². The molecule has 15 heteroatoms. The molecule has 0 aliphatic carbocycles. The molecule has 0 saturated heterocycles. The zero-order chi connectivity index (χ0) is 29.3. The number of esters is 1. The van der Waals surface area contributed by atoms with Crippen molar-refractivity contribution in [3.05, 3.63) is 81.3 Å². The fourth-order valence-corrected chi connectivity index (χ4v) is 4.44. The number of hydrogen-bond donors (Lipinski definition) is 4. The molecule has 0 saturated carbocycles. The van der Waals surface area contributed by atoms with Crippen molar-refractivity contribution in [1.82, 2.24) is 24.7 Å². The van der Waals surface area contributed by atoms with Gasteiger partial charge in [0.1, 0.15) is 17.7 Å². The number of benzene rings is 2. The van der Waals surface area contributed by atoms with Crippen LogP contribution in [-0.4, -0.2) is 50.3 Å². The molecule has 2 aromatic carbocycles. The highest BCUT2D eigenvalue weighted by Crippen LogP contribution is 2.42. The summed E-state index contributed by atoms with van der Waals surface area (Å²) in [6.45, 7) is 1.44. The van der Waals surface area contributed by atoms with Gasteiger partial charge in [-0.1, -0.05) is 0 Å². The summed E-state index contributed by atoms with van der Waals surface area (Å²) < 4.78 is 48.7. The van der Waals surface area contributed by atoms with Gasteiger partial charge in [0.25, 0.3) is 5.95 Å². The Morgan fingerprint density at radius 3 is 2.71 bits per heavy atom. The molecule has 0 unspecified atom stereocenters. The maximum Gasteiger partial charge on any atom is 0.350 e. The Hall–Kier alpha value is -5.34. The van der Waals surface area contributed by atoms with E-state index in [1.165, 1.54) is 37.7 Å². The summed E-state index contributed by atoms with van der Waals surface area (Å²) in [6, 6.07) is 4.13. The number of nitrogens with two attached hydrogens (primary N) is 1. The third-order valence-corrected chi connectivity index (χ3v) is 6.23. The predicted octanol–water partition coefficient (Wildman–Crippen LogP) is 2.37. The average Bonchev–Trinajstić information content (AvgIpc) is 3.35. The highest BCUT2D eigenvalue weighted by atomic mass is 19.1. The molecule has 1 aliphatic rings. The largest absolute Gasteiger partial charge is 0.493 e. The lowest BCUT2D eigenvalue weighted by Crippen LogP contribution is -2.21. The van der Waals surface area contributed by atoms with E-state index >= 15 is 8.78 Å². The normalized spacial score (nSPS) is 13.1. The molecule has 5 rings (SSSR count). The van der Waals surface area contributed by atoms with Crippen LogP contribution in [0.2, 0.25) is 0 Å². The lowest BCUT2D eigenvalue weighted by molar-refractivity contribution is -0.132. The number of carbonyl (C=O) groups excluding carboxylic acids is 1. The van der Waals surface area contributed by atoms with Crippen molar-refractivity contribution >= 4 is 17.5 Å². The smallest absolute Gasteiger partial charge is 0.350 e. The maximum absolute atomic E-state index is 16.2. The van der Waals surface area contributed by atoms with E-state index in [4.69, 9.17) is 25.4 Å². The molecule has 1 atom stereocenters. The number of nitrogen functional groups attached to an aromatic ring is 1. The van der Waals surface area contributed by atoms with Crippen LogP contribution in [0.15, 0.2) is 41.5 Å².